The Hall–Kier alpha value is -0.800. The van der Waals surface area contributed by atoms with Crippen LogP contribution in [0.3, 0.4) is 0 Å². The van der Waals surface area contributed by atoms with Crippen molar-refractivity contribution in [3.8, 4) is 0 Å². The van der Waals surface area contributed by atoms with Gasteiger partial charge in [0.05, 0.1) is 12.7 Å². The van der Waals surface area contributed by atoms with Gasteiger partial charge in [-0.15, -0.1) is 0 Å². The molecule has 0 N–H and O–H groups in total. The fourth-order valence-electron chi connectivity index (χ4n) is 1.12. The summed E-state index contributed by atoms with van der Waals surface area (Å²) in [6.45, 7) is 9.07. The highest BCUT2D eigenvalue weighted by molar-refractivity contribution is 7.99. The van der Waals surface area contributed by atoms with E-state index >= 15 is 0 Å². The van der Waals surface area contributed by atoms with Gasteiger partial charge in [-0.1, -0.05) is 30.3 Å². The first-order valence-corrected chi connectivity index (χ1v) is 6.62. The largest absolute Gasteiger partial charge is 0.368 e. The van der Waals surface area contributed by atoms with Crippen LogP contribution in [0.15, 0.2) is 34.7 Å². The maximum Gasteiger partial charge on any atom is 0.0909 e. The minimum absolute atomic E-state index is 0.0463. The molecule has 3 heteroatoms. The van der Waals surface area contributed by atoms with Crippen LogP contribution < -0.4 is 0 Å². The Morgan fingerprint density at radius 3 is 2.53 bits per heavy atom. The molecule has 0 spiro atoms. The Balaban J connectivity index is 2.28. The lowest BCUT2D eigenvalue weighted by atomic mass is 10.2. The normalized spacial score (nSPS) is 14.1. The summed E-state index contributed by atoms with van der Waals surface area (Å²) in [6, 6.07) is 10.2. The Labute approximate surface area is 109 Å². The molecule has 94 valence electrons. The molecule has 0 bridgehead atoms. The summed E-state index contributed by atoms with van der Waals surface area (Å²) in [4.78, 5) is 0. The van der Waals surface area contributed by atoms with Gasteiger partial charge in [-0.25, -0.2) is 4.40 Å². The van der Waals surface area contributed by atoms with E-state index in [9.17, 15) is 0 Å². The Bertz CT molecular complexity index is 343. The zero-order valence-corrected chi connectivity index (χ0v) is 11.8. The first kappa shape index (κ1) is 14.3. The topological polar surface area (TPSA) is 21.6 Å². The van der Waals surface area contributed by atoms with Crippen molar-refractivity contribution in [2.45, 2.75) is 45.2 Å². The molecule has 0 heterocycles. The lowest BCUT2D eigenvalue weighted by Crippen LogP contribution is -2.10. The van der Waals surface area contributed by atoms with Gasteiger partial charge >= 0.3 is 0 Å². The number of rotatable bonds is 5. The second-order valence-electron chi connectivity index (χ2n) is 4.96. The fraction of sp³-hybridized carbons (Fsp3) is 0.500. The van der Waals surface area contributed by atoms with Crippen molar-refractivity contribution in [1.29, 1.82) is 0 Å². The van der Waals surface area contributed by atoms with Gasteiger partial charge in [-0.05, 0) is 45.2 Å². The van der Waals surface area contributed by atoms with E-state index < -0.39 is 0 Å². The summed E-state index contributed by atoms with van der Waals surface area (Å²) >= 11 is 1.57. The summed E-state index contributed by atoms with van der Waals surface area (Å²) < 4.78 is 10.2. The number of hydrogen-bond donors (Lipinski definition) is 0. The molecule has 2 nitrogen and oxygen atoms in total. The quantitative estimate of drug-likeness (QED) is 0.580. The molecule has 0 aliphatic rings. The lowest BCUT2D eigenvalue weighted by Gasteiger charge is -2.13. The monoisotopic (exact) mass is 251 g/mol. The van der Waals surface area contributed by atoms with Crippen LogP contribution in [0.4, 0.5) is 0 Å². The number of ether oxygens (including phenoxy) is 1. The standard InChI is InChI=1S/C14H21NOS/c1-12(10-15-17-14(2,3)4)16-11-13-8-6-5-7-9-13/h5-10,12H,11H2,1-4H3/b15-10+/t12-/m0/s1. The second kappa shape index (κ2) is 6.82. The first-order chi connectivity index (χ1) is 7.97. The van der Waals surface area contributed by atoms with Crippen LogP contribution in [-0.2, 0) is 11.3 Å². The van der Waals surface area contributed by atoms with Gasteiger partial charge in [0.15, 0.2) is 0 Å². The van der Waals surface area contributed by atoms with Crippen LogP contribution in [-0.4, -0.2) is 17.1 Å². The average Bonchev–Trinajstić information content (AvgIpc) is 2.26. The van der Waals surface area contributed by atoms with E-state index in [2.05, 4.69) is 37.3 Å². The van der Waals surface area contributed by atoms with Crippen LogP contribution in [0, 0.1) is 0 Å². The summed E-state index contributed by atoms with van der Waals surface area (Å²) in [5.74, 6) is 0. The van der Waals surface area contributed by atoms with Crippen molar-refractivity contribution < 1.29 is 4.74 Å². The van der Waals surface area contributed by atoms with Gasteiger partial charge in [0, 0.05) is 11.0 Å². The maximum absolute atomic E-state index is 5.68. The molecule has 0 radical (unpaired) electrons. The molecule has 0 aromatic heterocycles. The predicted molar refractivity (Wildman–Crippen MR) is 76.5 cm³/mol. The molecular weight excluding hydrogens is 230 g/mol. The zero-order valence-electron chi connectivity index (χ0n) is 11.0. The van der Waals surface area contributed by atoms with Gasteiger partial charge in [-0.2, -0.15) is 0 Å². The average molecular weight is 251 g/mol. The van der Waals surface area contributed by atoms with Crippen LogP contribution in [0.5, 0.6) is 0 Å². The van der Waals surface area contributed by atoms with Crippen molar-refractivity contribution in [1.82, 2.24) is 0 Å². The van der Waals surface area contributed by atoms with E-state index in [-0.39, 0.29) is 10.9 Å². The molecule has 0 amide bonds. The molecule has 1 aromatic carbocycles. The Morgan fingerprint density at radius 1 is 1.29 bits per heavy atom. The molecule has 0 aliphatic carbocycles. The number of hydrogen-bond acceptors (Lipinski definition) is 3. The summed E-state index contributed by atoms with van der Waals surface area (Å²) in [5, 5.41) is 0. The van der Waals surface area contributed by atoms with Crippen molar-refractivity contribution >= 4 is 18.2 Å². The molecule has 0 saturated heterocycles. The molecular formula is C14H21NOS. The van der Waals surface area contributed by atoms with E-state index in [1.807, 2.05) is 31.3 Å². The van der Waals surface area contributed by atoms with Gasteiger partial charge < -0.3 is 4.74 Å². The van der Waals surface area contributed by atoms with Crippen molar-refractivity contribution in [2.24, 2.45) is 4.40 Å². The summed E-state index contributed by atoms with van der Waals surface area (Å²) in [7, 11) is 0. The number of benzene rings is 1. The lowest BCUT2D eigenvalue weighted by molar-refractivity contribution is 0.0992. The van der Waals surface area contributed by atoms with E-state index in [0.717, 1.165) is 0 Å². The third kappa shape index (κ3) is 7.18. The maximum atomic E-state index is 5.68. The van der Waals surface area contributed by atoms with Gasteiger partial charge in [0.2, 0.25) is 0 Å². The van der Waals surface area contributed by atoms with Crippen molar-refractivity contribution in [3.63, 3.8) is 0 Å². The van der Waals surface area contributed by atoms with Gasteiger partial charge in [0.1, 0.15) is 0 Å². The molecule has 0 aliphatic heterocycles. The predicted octanol–water partition coefficient (Wildman–Crippen LogP) is 4.11. The highest BCUT2D eigenvalue weighted by Crippen LogP contribution is 2.23. The SMILES string of the molecule is C[C@@H](/C=N/SC(C)(C)C)OCc1ccccc1. The molecule has 0 unspecified atom stereocenters. The fourth-order valence-corrected chi connectivity index (χ4v) is 1.67. The van der Waals surface area contributed by atoms with Crippen LogP contribution in [0.1, 0.15) is 33.3 Å². The molecule has 1 aromatic rings. The van der Waals surface area contributed by atoms with Crippen LogP contribution in [0.25, 0.3) is 0 Å². The molecule has 1 rings (SSSR count). The molecule has 0 saturated carbocycles. The highest BCUT2D eigenvalue weighted by atomic mass is 32.2. The van der Waals surface area contributed by atoms with E-state index in [4.69, 9.17) is 4.74 Å². The molecule has 17 heavy (non-hydrogen) atoms. The van der Waals surface area contributed by atoms with Crippen LogP contribution >= 0.6 is 11.9 Å². The molecule has 1 atom stereocenters. The Morgan fingerprint density at radius 2 is 1.94 bits per heavy atom. The van der Waals surface area contributed by atoms with Gasteiger partial charge in [0.25, 0.3) is 0 Å². The summed E-state index contributed by atoms with van der Waals surface area (Å²) in [6.07, 6.45) is 1.91. The zero-order chi connectivity index (χ0) is 12.7. The second-order valence-corrected chi connectivity index (χ2v) is 6.58. The Kier molecular flexibility index (Phi) is 5.72. The van der Waals surface area contributed by atoms with Crippen LogP contribution in [0.2, 0.25) is 0 Å². The van der Waals surface area contributed by atoms with E-state index in [0.29, 0.717) is 6.61 Å². The number of nitrogens with zero attached hydrogens (tertiary/aromatic N) is 1. The molecule has 0 fully saturated rings. The minimum atomic E-state index is 0.0463. The third-order valence-electron chi connectivity index (χ3n) is 1.95. The minimum Gasteiger partial charge on any atom is -0.368 e. The summed E-state index contributed by atoms with van der Waals surface area (Å²) in [5.41, 5.74) is 1.19. The highest BCUT2D eigenvalue weighted by Gasteiger charge is 2.09. The first-order valence-electron chi connectivity index (χ1n) is 5.84. The van der Waals surface area contributed by atoms with E-state index in [1.54, 1.807) is 11.9 Å². The van der Waals surface area contributed by atoms with Crippen molar-refractivity contribution in [3.05, 3.63) is 35.9 Å². The van der Waals surface area contributed by atoms with Gasteiger partial charge in [-0.3, -0.25) is 0 Å². The third-order valence-corrected chi connectivity index (χ3v) is 2.73. The van der Waals surface area contributed by atoms with E-state index in [1.165, 1.54) is 5.56 Å². The smallest absolute Gasteiger partial charge is 0.0909 e. The van der Waals surface area contributed by atoms with Crippen molar-refractivity contribution in [2.75, 3.05) is 0 Å².